The zero-order chi connectivity index (χ0) is 10.8. The summed E-state index contributed by atoms with van der Waals surface area (Å²) in [5.74, 6) is 0.763. The third kappa shape index (κ3) is 1.77. The van der Waals surface area contributed by atoms with E-state index >= 15 is 0 Å². The third-order valence-corrected chi connectivity index (χ3v) is 3.09. The van der Waals surface area contributed by atoms with Crippen LogP contribution >= 0.6 is 11.6 Å². The number of rotatable bonds is 2. The lowest BCUT2D eigenvalue weighted by molar-refractivity contribution is -0.105. The summed E-state index contributed by atoms with van der Waals surface area (Å²) >= 11 is 6.14. The molecule has 0 fully saturated rings. The molecule has 0 aromatic heterocycles. The third-order valence-electron chi connectivity index (χ3n) is 2.64. The average Bonchev–Trinajstić information content (AvgIpc) is 2.29. The van der Waals surface area contributed by atoms with Crippen LogP contribution < -0.4 is 4.74 Å². The van der Waals surface area contributed by atoms with E-state index in [2.05, 4.69) is 0 Å². The quantitative estimate of drug-likeness (QED) is 0.720. The summed E-state index contributed by atoms with van der Waals surface area (Å²) in [6.07, 6.45) is 2.43. The van der Waals surface area contributed by atoms with Crippen LogP contribution in [0.15, 0.2) is 23.8 Å². The first kappa shape index (κ1) is 10.2. The molecule has 0 unspecified atom stereocenters. The molecule has 0 spiro atoms. The smallest absolute Gasteiger partial charge is 0.147 e. The van der Waals surface area contributed by atoms with E-state index in [0.29, 0.717) is 10.6 Å². The molecule has 1 aliphatic rings. The van der Waals surface area contributed by atoms with E-state index in [0.717, 1.165) is 30.4 Å². The Hall–Kier alpha value is -1.28. The molecule has 0 bridgehead atoms. The fourth-order valence-corrected chi connectivity index (χ4v) is 2.08. The molecule has 0 saturated carbocycles. The van der Waals surface area contributed by atoms with Crippen LogP contribution in [0.4, 0.5) is 0 Å². The highest BCUT2D eigenvalue weighted by Crippen LogP contribution is 2.35. The van der Waals surface area contributed by atoms with Crippen LogP contribution in [0.1, 0.15) is 17.5 Å². The molecule has 0 amide bonds. The number of carbonyl (C=O) groups is 1. The van der Waals surface area contributed by atoms with Gasteiger partial charge in [0.2, 0.25) is 0 Å². The molecule has 15 heavy (non-hydrogen) atoms. The summed E-state index contributed by atoms with van der Waals surface area (Å²) in [4.78, 5) is 10.8. The number of halogens is 1. The minimum absolute atomic E-state index is 0.560. The predicted octanol–water partition coefficient (Wildman–Crippen LogP) is 2.79. The number of hydrogen-bond acceptors (Lipinski definition) is 2. The Morgan fingerprint density at radius 2 is 2.20 bits per heavy atom. The zero-order valence-corrected chi connectivity index (χ0v) is 9.17. The molecular weight excluding hydrogens is 212 g/mol. The molecule has 0 N–H and O–H groups in total. The maximum absolute atomic E-state index is 10.8. The van der Waals surface area contributed by atoms with Crippen molar-refractivity contribution in [1.29, 1.82) is 0 Å². The van der Waals surface area contributed by atoms with Crippen molar-refractivity contribution in [3.05, 3.63) is 34.9 Å². The zero-order valence-electron chi connectivity index (χ0n) is 8.42. The van der Waals surface area contributed by atoms with Crippen LogP contribution in [0.25, 0.3) is 5.03 Å². The molecule has 1 aromatic carbocycles. The van der Waals surface area contributed by atoms with Gasteiger partial charge in [0.25, 0.3) is 0 Å². The average molecular weight is 223 g/mol. The number of benzene rings is 1. The molecule has 0 heterocycles. The Labute approximate surface area is 93.5 Å². The molecule has 78 valence electrons. The fraction of sp³-hybridized carbons (Fsp3) is 0.250. The summed E-state index contributed by atoms with van der Waals surface area (Å²) < 4.78 is 5.13. The van der Waals surface area contributed by atoms with E-state index in [1.54, 1.807) is 7.11 Å². The molecular formula is C12H11ClO2. The first-order chi connectivity index (χ1) is 7.26. The molecule has 2 rings (SSSR count). The predicted molar refractivity (Wildman–Crippen MR) is 60.2 cm³/mol. The van der Waals surface area contributed by atoms with Gasteiger partial charge in [-0.05, 0) is 30.5 Å². The molecule has 2 nitrogen and oxygen atoms in total. The van der Waals surface area contributed by atoms with E-state index in [1.165, 1.54) is 5.56 Å². The Morgan fingerprint density at radius 1 is 1.40 bits per heavy atom. The van der Waals surface area contributed by atoms with Crippen molar-refractivity contribution in [2.75, 3.05) is 7.11 Å². The van der Waals surface area contributed by atoms with E-state index in [1.807, 2.05) is 18.2 Å². The molecule has 0 saturated heterocycles. The van der Waals surface area contributed by atoms with Crippen molar-refractivity contribution in [3.63, 3.8) is 0 Å². The Bertz CT molecular complexity index is 435. The van der Waals surface area contributed by atoms with Crippen molar-refractivity contribution < 1.29 is 9.53 Å². The van der Waals surface area contributed by atoms with Gasteiger partial charge in [-0.2, -0.15) is 0 Å². The summed E-state index contributed by atoms with van der Waals surface area (Å²) in [7, 11) is 1.61. The van der Waals surface area contributed by atoms with Crippen molar-refractivity contribution >= 4 is 22.9 Å². The number of ether oxygens (including phenoxy) is 1. The van der Waals surface area contributed by atoms with Crippen LogP contribution in [0.5, 0.6) is 5.75 Å². The summed E-state index contributed by atoms with van der Waals surface area (Å²) in [5, 5.41) is 0.560. The monoisotopic (exact) mass is 222 g/mol. The highest BCUT2D eigenvalue weighted by molar-refractivity contribution is 6.50. The number of carbonyl (C=O) groups excluding carboxylic acids is 1. The number of hydrogen-bond donors (Lipinski definition) is 0. The Morgan fingerprint density at radius 3 is 2.87 bits per heavy atom. The van der Waals surface area contributed by atoms with Crippen LogP contribution in [-0.2, 0) is 11.2 Å². The van der Waals surface area contributed by atoms with Gasteiger partial charge in [-0.3, -0.25) is 4.79 Å². The summed E-state index contributed by atoms with van der Waals surface area (Å²) in [5.41, 5.74) is 2.77. The summed E-state index contributed by atoms with van der Waals surface area (Å²) in [6, 6.07) is 5.79. The van der Waals surface area contributed by atoms with Crippen molar-refractivity contribution in [2.45, 2.75) is 12.8 Å². The van der Waals surface area contributed by atoms with Crippen LogP contribution in [0.3, 0.4) is 0 Å². The van der Waals surface area contributed by atoms with Gasteiger partial charge in [-0.15, -0.1) is 0 Å². The fourth-order valence-electron chi connectivity index (χ4n) is 1.77. The van der Waals surface area contributed by atoms with Gasteiger partial charge in [0.05, 0.1) is 12.1 Å². The SMILES string of the molecule is COc1ccc2c(c1)C(Cl)=C(C=O)CC2. The number of aryl methyl sites for hydroxylation is 1. The first-order valence-electron chi connectivity index (χ1n) is 4.77. The van der Waals surface area contributed by atoms with Gasteiger partial charge in [-0.25, -0.2) is 0 Å². The topological polar surface area (TPSA) is 26.3 Å². The number of methoxy groups -OCH3 is 1. The van der Waals surface area contributed by atoms with Gasteiger partial charge in [0.15, 0.2) is 0 Å². The normalized spacial score (nSPS) is 14.8. The largest absolute Gasteiger partial charge is 0.497 e. The second kappa shape index (κ2) is 4.07. The van der Waals surface area contributed by atoms with Gasteiger partial charge in [0.1, 0.15) is 12.0 Å². The number of allylic oxidation sites excluding steroid dienone is 1. The van der Waals surface area contributed by atoms with Crippen molar-refractivity contribution in [3.8, 4) is 5.75 Å². The maximum atomic E-state index is 10.8. The Balaban J connectivity index is 2.55. The van der Waals surface area contributed by atoms with Crippen molar-refractivity contribution in [2.24, 2.45) is 0 Å². The second-order valence-corrected chi connectivity index (χ2v) is 3.86. The van der Waals surface area contributed by atoms with Gasteiger partial charge in [0, 0.05) is 11.1 Å². The minimum atomic E-state index is 0.560. The maximum Gasteiger partial charge on any atom is 0.147 e. The molecule has 0 atom stereocenters. The lowest BCUT2D eigenvalue weighted by Gasteiger charge is -2.17. The minimum Gasteiger partial charge on any atom is -0.497 e. The van der Waals surface area contributed by atoms with Crippen molar-refractivity contribution in [1.82, 2.24) is 0 Å². The van der Waals surface area contributed by atoms with E-state index in [-0.39, 0.29) is 0 Å². The van der Waals surface area contributed by atoms with Crippen LogP contribution in [0, 0.1) is 0 Å². The molecule has 0 radical (unpaired) electrons. The van der Waals surface area contributed by atoms with E-state index < -0.39 is 0 Å². The number of fused-ring (bicyclic) bond motifs is 1. The standard InChI is InChI=1S/C12H11ClO2/c1-15-10-5-4-8-2-3-9(7-14)12(13)11(8)6-10/h4-7H,2-3H2,1H3. The number of aldehydes is 1. The molecule has 3 heteroatoms. The van der Waals surface area contributed by atoms with Crippen LogP contribution in [-0.4, -0.2) is 13.4 Å². The highest BCUT2D eigenvalue weighted by atomic mass is 35.5. The molecule has 0 aliphatic heterocycles. The van der Waals surface area contributed by atoms with Gasteiger partial charge < -0.3 is 4.74 Å². The molecule has 1 aromatic rings. The lowest BCUT2D eigenvalue weighted by atomic mass is 9.92. The van der Waals surface area contributed by atoms with E-state index in [4.69, 9.17) is 16.3 Å². The summed E-state index contributed by atoms with van der Waals surface area (Å²) in [6.45, 7) is 0. The molecule has 1 aliphatic carbocycles. The highest BCUT2D eigenvalue weighted by Gasteiger charge is 2.17. The lowest BCUT2D eigenvalue weighted by Crippen LogP contribution is -2.03. The van der Waals surface area contributed by atoms with Gasteiger partial charge >= 0.3 is 0 Å². The van der Waals surface area contributed by atoms with E-state index in [9.17, 15) is 4.79 Å². The second-order valence-electron chi connectivity index (χ2n) is 3.48. The van der Waals surface area contributed by atoms with Gasteiger partial charge in [-0.1, -0.05) is 17.7 Å². The first-order valence-corrected chi connectivity index (χ1v) is 5.15. The van der Waals surface area contributed by atoms with Crippen LogP contribution in [0.2, 0.25) is 0 Å². The Kier molecular flexibility index (Phi) is 2.78.